The lowest BCUT2D eigenvalue weighted by atomic mass is 9.84. The monoisotopic (exact) mass is 189 g/mol. The fraction of sp³-hybridized carbons (Fsp3) is 0.538. The molecule has 0 aromatic carbocycles. The van der Waals surface area contributed by atoms with Crippen LogP contribution < -0.4 is 0 Å². The first-order chi connectivity index (χ1) is 6.90. The molecule has 0 spiro atoms. The highest BCUT2D eigenvalue weighted by molar-refractivity contribution is 5.19. The Labute approximate surface area is 86.2 Å². The highest BCUT2D eigenvalue weighted by atomic mass is 14.7. The summed E-state index contributed by atoms with van der Waals surface area (Å²) in [5.74, 6) is 0.840. The van der Waals surface area contributed by atoms with Crippen molar-refractivity contribution in [2.75, 3.05) is 0 Å². The Morgan fingerprint density at radius 1 is 1.50 bits per heavy atom. The molecule has 1 nitrogen and oxygen atoms in total. The SMILES string of the molecule is CCC1CCCC=C1Cc1ccc[nH]1. The molecule has 1 unspecified atom stereocenters. The summed E-state index contributed by atoms with van der Waals surface area (Å²) in [6, 6.07) is 4.27. The van der Waals surface area contributed by atoms with Crippen LogP contribution in [-0.2, 0) is 6.42 Å². The van der Waals surface area contributed by atoms with E-state index in [9.17, 15) is 0 Å². The number of aromatic amines is 1. The number of allylic oxidation sites excluding steroid dienone is 2. The molecular formula is C13H19N. The Hall–Kier alpha value is -0.980. The molecule has 0 saturated carbocycles. The summed E-state index contributed by atoms with van der Waals surface area (Å²) in [4.78, 5) is 3.29. The Kier molecular flexibility index (Phi) is 3.07. The number of aromatic nitrogens is 1. The largest absolute Gasteiger partial charge is 0.365 e. The van der Waals surface area contributed by atoms with Gasteiger partial charge in [0.05, 0.1) is 0 Å². The maximum atomic E-state index is 3.29. The summed E-state index contributed by atoms with van der Waals surface area (Å²) in [7, 11) is 0. The molecule has 1 N–H and O–H groups in total. The lowest BCUT2D eigenvalue weighted by Gasteiger charge is -2.22. The zero-order valence-corrected chi connectivity index (χ0v) is 8.92. The molecule has 0 radical (unpaired) electrons. The van der Waals surface area contributed by atoms with Gasteiger partial charge in [-0.3, -0.25) is 0 Å². The molecule has 1 aliphatic rings. The highest BCUT2D eigenvalue weighted by Gasteiger charge is 2.15. The Morgan fingerprint density at radius 3 is 3.14 bits per heavy atom. The molecule has 2 rings (SSSR count). The fourth-order valence-corrected chi connectivity index (χ4v) is 2.38. The van der Waals surface area contributed by atoms with Gasteiger partial charge in [-0.15, -0.1) is 0 Å². The second-order valence-corrected chi connectivity index (χ2v) is 4.19. The van der Waals surface area contributed by atoms with Crippen molar-refractivity contribution in [1.29, 1.82) is 0 Å². The van der Waals surface area contributed by atoms with Crippen molar-refractivity contribution < 1.29 is 0 Å². The van der Waals surface area contributed by atoms with E-state index in [0.717, 1.165) is 12.3 Å². The number of rotatable bonds is 3. The van der Waals surface area contributed by atoms with Gasteiger partial charge in [0.1, 0.15) is 0 Å². The van der Waals surface area contributed by atoms with E-state index in [2.05, 4.69) is 30.1 Å². The fourth-order valence-electron chi connectivity index (χ4n) is 2.38. The summed E-state index contributed by atoms with van der Waals surface area (Å²) < 4.78 is 0. The van der Waals surface area contributed by atoms with E-state index in [-0.39, 0.29) is 0 Å². The van der Waals surface area contributed by atoms with Gasteiger partial charge in [-0.05, 0) is 43.7 Å². The molecule has 76 valence electrons. The summed E-state index contributed by atoms with van der Waals surface area (Å²) >= 11 is 0. The first-order valence-electron chi connectivity index (χ1n) is 5.71. The van der Waals surface area contributed by atoms with E-state index >= 15 is 0 Å². The van der Waals surface area contributed by atoms with Crippen LogP contribution in [0.4, 0.5) is 0 Å². The van der Waals surface area contributed by atoms with Crippen molar-refractivity contribution in [3.05, 3.63) is 35.7 Å². The molecule has 0 saturated heterocycles. The maximum Gasteiger partial charge on any atom is 0.0188 e. The van der Waals surface area contributed by atoms with Crippen LogP contribution in [0.15, 0.2) is 30.0 Å². The van der Waals surface area contributed by atoms with Crippen LogP contribution in [-0.4, -0.2) is 4.98 Å². The molecule has 1 aromatic heterocycles. The van der Waals surface area contributed by atoms with E-state index < -0.39 is 0 Å². The number of nitrogens with one attached hydrogen (secondary N) is 1. The van der Waals surface area contributed by atoms with Gasteiger partial charge >= 0.3 is 0 Å². The van der Waals surface area contributed by atoms with Crippen molar-refractivity contribution in [3.8, 4) is 0 Å². The molecule has 0 aliphatic heterocycles. The van der Waals surface area contributed by atoms with Gasteiger partial charge < -0.3 is 4.98 Å². The molecule has 1 heteroatoms. The molecule has 0 fully saturated rings. The minimum absolute atomic E-state index is 0.840. The van der Waals surface area contributed by atoms with Crippen LogP contribution in [0.5, 0.6) is 0 Å². The molecule has 0 amide bonds. The molecule has 14 heavy (non-hydrogen) atoms. The number of hydrogen-bond acceptors (Lipinski definition) is 0. The lowest BCUT2D eigenvalue weighted by Crippen LogP contribution is -2.09. The normalized spacial score (nSPS) is 22.1. The van der Waals surface area contributed by atoms with Crippen LogP contribution in [0.2, 0.25) is 0 Å². The predicted molar refractivity (Wildman–Crippen MR) is 60.2 cm³/mol. The second-order valence-electron chi connectivity index (χ2n) is 4.19. The standard InChI is InChI=1S/C13H19N/c1-2-11-6-3-4-7-12(11)10-13-8-5-9-14-13/h5,7-9,11,14H,2-4,6,10H2,1H3. The minimum atomic E-state index is 0.840. The first kappa shape index (κ1) is 9.57. The summed E-state index contributed by atoms with van der Waals surface area (Å²) in [5.41, 5.74) is 3.01. The zero-order valence-electron chi connectivity index (χ0n) is 8.92. The van der Waals surface area contributed by atoms with Crippen molar-refractivity contribution in [2.24, 2.45) is 5.92 Å². The smallest absolute Gasteiger partial charge is 0.0188 e. The average molecular weight is 189 g/mol. The van der Waals surface area contributed by atoms with Gasteiger partial charge in [-0.2, -0.15) is 0 Å². The lowest BCUT2D eigenvalue weighted by molar-refractivity contribution is 0.487. The summed E-state index contributed by atoms with van der Waals surface area (Å²) in [6.07, 6.45) is 11.0. The van der Waals surface area contributed by atoms with Gasteiger partial charge in [-0.25, -0.2) is 0 Å². The van der Waals surface area contributed by atoms with Gasteiger partial charge in [0.2, 0.25) is 0 Å². The van der Waals surface area contributed by atoms with E-state index in [4.69, 9.17) is 0 Å². The van der Waals surface area contributed by atoms with E-state index in [1.165, 1.54) is 31.4 Å². The Bertz CT molecular complexity index is 295. The quantitative estimate of drug-likeness (QED) is 0.698. The molecule has 1 heterocycles. The van der Waals surface area contributed by atoms with Gasteiger partial charge in [0, 0.05) is 18.3 Å². The van der Waals surface area contributed by atoms with E-state index in [1.54, 1.807) is 5.57 Å². The van der Waals surface area contributed by atoms with Crippen molar-refractivity contribution in [2.45, 2.75) is 39.0 Å². The van der Waals surface area contributed by atoms with Gasteiger partial charge in [0.15, 0.2) is 0 Å². The van der Waals surface area contributed by atoms with Crippen molar-refractivity contribution in [1.82, 2.24) is 4.98 Å². The van der Waals surface area contributed by atoms with Crippen LogP contribution in [0.1, 0.15) is 38.3 Å². The van der Waals surface area contributed by atoms with Gasteiger partial charge in [-0.1, -0.05) is 18.6 Å². The predicted octanol–water partition coefficient (Wildman–Crippen LogP) is 3.69. The third kappa shape index (κ3) is 2.09. The highest BCUT2D eigenvalue weighted by Crippen LogP contribution is 2.29. The van der Waals surface area contributed by atoms with Crippen LogP contribution in [0.3, 0.4) is 0 Å². The van der Waals surface area contributed by atoms with E-state index in [1.807, 2.05) is 6.20 Å². The Morgan fingerprint density at radius 2 is 2.43 bits per heavy atom. The van der Waals surface area contributed by atoms with Gasteiger partial charge in [0.25, 0.3) is 0 Å². The topological polar surface area (TPSA) is 15.8 Å². The minimum Gasteiger partial charge on any atom is -0.365 e. The third-order valence-electron chi connectivity index (χ3n) is 3.24. The summed E-state index contributed by atoms with van der Waals surface area (Å²) in [5, 5.41) is 0. The number of hydrogen-bond donors (Lipinski definition) is 1. The van der Waals surface area contributed by atoms with Crippen LogP contribution in [0.25, 0.3) is 0 Å². The van der Waals surface area contributed by atoms with Crippen LogP contribution in [0, 0.1) is 5.92 Å². The van der Waals surface area contributed by atoms with E-state index in [0.29, 0.717) is 0 Å². The maximum absolute atomic E-state index is 3.29. The first-order valence-corrected chi connectivity index (χ1v) is 5.71. The zero-order chi connectivity index (χ0) is 9.80. The molecule has 0 bridgehead atoms. The second kappa shape index (κ2) is 4.50. The Balaban J connectivity index is 2.05. The third-order valence-corrected chi connectivity index (χ3v) is 3.24. The summed E-state index contributed by atoms with van der Waals surface area (Å²) in [6.45, 7) is 2.30. The van der Waals surface area contributed by atoms with Crippen molar-refractivity contribution >= 4 is 0 Å². The van der Waals surface area contributed by atoms with Crippen LogP contribution >= 0.6 is 0 Å². The molecule has 1 atom stereocenters. The molecule has 1 aliphatic carbocycles. The molecule has 1 aromatic rings. The molecular weight excluding hydrogens is 170 g/mol. The number of H-pyrrole nitrogens is 1. The van der Waals surface area contributed by atoms with Crippen molar-refractivity contribution in [3.63, 3.8) is 0 Å². The average Bonchev–Trinajstić information content (AvgIpc) is 2.71.